The molecule has 3 aliphatic rings. The summed E-state index contributed by atoms with van der Waals surface area (Å²) in [6, 6.07) is 0. The van der Waals surface area contributed by atoms with Crippen LogP contribution in [0.1, 0.15) is 79.1 Å². The van der Waals surface area contributed by atoms with E-state index < -0.39 is 5.97 Å². The Morgan fingerprint density at radius 2 is 1.78 bits per heavy atom. The maximum atomic E-state index is 11.5. The molecular formula is C21H34O2. The third-order valence-electron chi connectivity index (χ3n) is 8.26. The predicted molar refractivity (Wildman–Crippen MR) is 94.2 cm³/mol. The largest absolute Gasteiger partial charge is 0.481 e. The molecule has 23 heavy (non-hydrogen) atoms. The van der Waals surface area contributed by atoms with Crippen molar-refractivity contribution in [2.24, 2.45) is 34.0 Å². The number of carboxylic acids is 1. The fourth-order valence-corrected chi connectivity index (χ4v) is 7.29. The van der Waals surface area contributed by atoms with Crippen LogP contribution in [0.25, 0.3) is 0 Å². The van der Waals surface area contributed by atoms with Gasteiger partial charge in [-0.3, -0.25) is 4.79 Å². The zero-order valence-electron chi connectivity index (χ0n) is 15.5. The minimum Gasteiger partial charge on any atom is -0.481 e. The minimum absolute atomic E-state index is 0.131. The van der Waals surface area contributed by atoms with Crippen LogP contribution in [-0.2, 0) is 4.79 Å². The molecule has 0 bridgehead atoms. The van der Waals surface area contributed by atoms with E-state index in [0.29, 0.717) is 16.7 Å². The molecule has 0 aromatic carbocycles. The molecule has 0 amide bonds. The van der Waals surface area contributed by atoms with Crippen LogP contribution in [0, 0.1) is 34.0 Å². The van der Waals surface area contributed by atoms with E-state index in [9.17, 15) is 9.90 Å². The van der Waals surface area contributed by atoms with Crippen LogP contribution in [0.15, 0.2) is 12.2 Å². The first-order chi connectivity index (χ1) is 10.6. The molecule has 0 aromatic heterocycles. The van der Waals surface area contributed by atoms with Crippen molar-refractivity contribution in [3.63, 3.8) is 0 Å². The third kappa shape index (κ3) is 2.48. The van der Waals surface area contributed by atoms with E-state index in [0.717, 1.165) is 12.3 Å². The summed E-state index contributed by atoms with van der Waals surface area (Å²) in [6.07, 6.45) is 8.97. The molecule has 0 aromatic rings. The van der Waals surface area contributed by atoms with Gasteiger partial charge >= 0.3 is 5.97 Å². The lowest BCUT2D eigenvalue weighted by Gasteiger charge is -2.66. The fourth-order valence-electron chi connectivity index (χ4n) is 7.29. The Kier molecular flexibility index (Phi) is 3.97. The third-order valence-corrected chi connectivity index (χ3v) is 8.26. The topological polar surface area (TPSA) is 37.3 Å². The normalized spacial score (nSPS) is 45.9. The number of carbonyl (C=O) groups is 1. The quantitative estimate of drug-likeness (QED) is 0.665. The van der Waals surface area contributed by atoms with Crippen molar-refractivity contribution in [2.45, 2.75) is 79.1 Å². The van der Waals surface area contributed by atoms with E-state index in [2.05, 4.69) is 34.3 Å². The molecule has 0 unspecified atom stereocenters. The Morgan fingerprint density at radius 3 is 2.43 bits per heavy atom. The Morgan fingerprint density at radius 1 is 1.09 bits per heavy atom. The molecule has 0 saturated heterocycles. The zero-order chi connectivity index (χ0) is 17.0. The van der Waals surface area contributed by atoms with Gasteiger partial charge in [0, 0.05) is 0 Å². The molecule has 3 aliphatic carbocycles. The standard InChI is InChI=1S/C21H34O2/c1-14-7-8-17-20(4,15(14)13-18(22)23)12-9-16-19(2,3)10-6-11-21(16,17)5/h15-17H,1,6-13H2,2-5H3,(H,22,23)/t15-,16-,17-,20-,21-/m1/s1. The zero-order valence-corrected chi connectivity index (χ0v) is 15.5. The Hall–Kier alpha value is -0.790. The van der Waals surface area contributed by atoms with Crippen molar-refractivity contribution in [3.05, 3.63) is 12.2 Å². The highest BCUT2D eigenvalue weighted by Gasteiger charge is 2.61. The van der Waals surface area contributed by atoms with Crippen LogP contribution >= 0.6 is 0 Å². The Bertz CT molecular complexity index is 520. The summed E-state index contributed by atoms with van der Waals surface area (Å²) in [5.41, 5.74) is 2.15. The van der Waals surface area contributed by atoms with Gasteiger partial charge in [-0.15, -0.1) is 0 Å². The van der Waals surface area contributed by atoms with Gasteiger partial charge in [-0.1, -0.05) is 46.3 Å². The van der Waals surface area contributed by atoms with Gasteiger partial charge in [0.1, 0.15) is 0 Å². The summed E-state index contributed by atoms with van der Waals surface area (Å²) >= 11 is 0. The second kappa shape index (κ2) is 5.36. The number of hydrogen-bond acceptors (Lipinski definition) is 1. The molecule has 2 nitrogen and oxygen atoms in total. The van der Waals surface area contributed by atoms with Crippen molar-refractivity contribution in [1.29, 1.82) is 0 Å². The summed E-state index contributed by atoms with van der Waals surface area (Å²) in [6.45, 7) is 14.1. The van der Waals surface area contributed by atoms with Crippen LogP contribution in [0.4, 0.5) is 0 Å². The lowest BCUT2D eigenvalue weighted by molar-refractivity contribution is -0.160. The lowest BCUT2D eigenvalue weighted by Crippen LogP contribution is -2.58. The van der Waals surface area contributed by atoms with Crippen LogP contribution in [0.2, 0.25) is 0 Å². The van der Waals surface area contributed by atoms with Gasteiger partial charge in [0.15, 0.2) is 0 Å². The first-order valence-electron chi connectivity index (χ1n) is 9.51. The smallest absolute Gasteiger partial charge is 0.303 e. The van der Waals surface area contributed by atoms with E-state index in [1.54, 1.807) is 0 Å². The molecule has 2 heteroatoms. The van der Waals surface area contributed by atoms with Gasteiger partial charge < -0.3 is 5.11 Å². The summed E-state index contributed by atoms with van der Waals surface area (Å²) < 4.78 is 0. The summed E-state index contributed by atoms with van der Waals surface area (Å²) in [7, 11) is 0. The maximum absolute atomic E-state index is 11.5. The number of rotatable bonds is 2. The fraction of sp³-hybridized carbons (Fsp3) is 0.857. The average Bonchev–Trinajstić information content (AvgIpc) is 2.41. The van der Waals surface area contributed by atoms with Crippen molar-refractivity contribution in [3.8, 4) is 0 Å². The minimum atomic E-state index is -0.658. The molecular weight excluding hydrogens is 284 g/mol. The molecule has 0 radical (unpaired) electrons. The number of hydrogen-bond donors (Lipinski definition) is 1. The lowest BCUT2D eigenvalue weighted by atomic mass is 9.39. The number of allylic oxidation sites excluding steroid dienone is 1. The van der Waals surface area contributed by atoms with E-state index >= 15 is 0 Å². The summed E-state index contributed by atoms with van der Waals surface area (Å²) in [5, 5.41) is 9.43. The van der Waals surface area contributed by atoms with E-state index in [1.165, 1.54) is 44.1 Å². The first kappa shape index (κ1) is 17.0. The van der Waals surface area contributed by atoms with Crippen molar-refractivity contribution in [1.82, 2.24) is 0 Å². The van der Waals surface area contributed by atoms with Crippen LogP contribution < -0.4 is 0 Å². The summed E-state index contributed by atoms with van der Waals surface area (Å²) in [5.74, 6) is 0.956. The van der Waals surface area contributed by atoms with Gasteiger partial charge in [0.05, 0.1) is 6.42 Å². The highest BCUT2D eigenvalue weighted by atomic mass is 16.4. The molecule has 3 saturated carbocycles. The van der Waals surface area contributed by atoms with E-state index in [1.807, 2.05) is 0 Å². The highest BCUT2D eigenvalue weighted by Crippen LogP contribution is 2.69. The van der Waals surface area contributed by atoms with E-state index in [-0.39, 0.29) is 17.8 Å². The van der Waals surface area contributed by atoms with Crippen molar-refractivity contribution >= 4 is 5.97 Å². The molecule has 130 valence electrons. The maximum Gasteiger partial charge on any atom is 0.303 e. The predicted octanol–water partition coefficient (Wildman–Crippen LogP) is 5.68. The van der Waals surface area contributed by atoms with Gasteiger partial charge in [-0.25, -0.2) is 0 Å². The van der Waals surface area contributed by atoms with Crippen LogP contribution in [0.5, 0.6) is 0 Å². The molecule has 0 aliphatic heterocycles. The molecule has 5 atom stereocenters. The molecule has 1 N–H and O–H groups in total. The summed E-state index contributed by atoms with van der Waals surface area (Å²) in [4.78, 5) is 11.5. The van der Waals surface area contributed by atoms with Gasteiger partial charge in [0.25, 0.3) is 0 Å². The highest BCUT2D eigenvalue weighted by molar-refractivity contribution is 5.67. The van der Waals surface area contributed by atoms with Gasteiger partial charge in [0.2, 0.25) is 0 Å². The van der Waals surface area contributed by atoms with Crippen LogP contribution in [0.3, 0.4) is 0 Å². The Balaban J connectivity index is 1.99. The Labute approximate surface area is 141 Å². The second-order valence-corrected chi connectivity index (χ2v) is 9.84. The van der Waals surface area contributed by atoms with E-state index in [4.69, 9.17) is 0 Å². The van der Waals surface area contributed by atoms with Gasteiger partial charge in [-0.05, 0) is 72.5 Å². The number of fused-ring (bicyclic) bond motifs is 3. The number of aliphatic carboxylic acids is 1. The van der Waals surface area contributed by atoms with Crippen molar-refractivity contribution < 1.29 is 9.90 Å². The van der Waals surface area contributed by atoms with Crippen LogP contribution in [-0.4, -0.2) is 11.1 Å². The SMILES string of the molecule is C=C1CC[C@@H]2[C@](C)(CC[C@@H]3C(C)(C)CCC[C@@]23C)[C@@H]1CC(=O)O. The molecule has 3 fully saturated rings. The molecule has 0 heterocycles. The van der Waals surface area contributed by atoms with Gasteiger partial charge in [-0.2, -0.15) is 0 Å². The van der Waals surface area contributed by atoms with Crippen molar-refractivity contribution in [2.75, 3.05) is 0 Å². The monoisotopic (exact) mass is 318 g/mol. The average molecular weight is 319 g/mol. The molecule has 0 spiro atoms. The number of carboxylic acid groups (broad SMARTS) is 1. The first-order valence-corrected chi connectivity index (χ1v) is 9.51. The second-order valence-electron chi connectivity index (χ2n) is 9.84. The molecule has 3 rings (SSSR count).